The number of amides is 1. The summed E-state index contributed by atoms with van der Waals surface area (Å²) in [6.07, 6.45) is 8.12. The van der Waals surface area contributed by atoms with Crippen LogP contribution in [0.5, 0.6) is 0 Å². The fourth-order valence-corrected chi connectivity index (χ4v) is 3.06. The van der Waals surface area contributed by atoms with Crippen molar-refractivity contribution in [1.82, 2.24) is 14.5 Å². The van der Waals surface area contributed by atoms with Gasteiger partial charge in [-0.1, -0.05) is 23.7 Å². The van der Waals surface area contributed by atoms with Crippen LogP contribution in [0.15, 0.2) is 43.0 Å². The van der Waals surface area contributed by atoms with E-state index in [1.807, 2.05) is 41.7 Å². The topological polar surface area (TPSA) is 38.1 Å². The van der Waals surface area contributed by atoms with Crippen LogP contribution in [0.1, 0.15) is 24.4 Å². The van der Waals surface area contributed by atoms with Gasteiger partial charge in [-0.3, -0.25) is 4.79 Å². The van der Waals surface area contributed by atoms with Crippen LogP contribution in [0, 0.1) is 0 Å². The number of imidazole rings is 1. The lowest BCUT2D eigenvalue weighted by Crippen LogP contribution is -2.41. The number of halogens is 1. The van der Waals surface area contributed by atoms with Crippen LogP contribution >= 0.6 is 11.6 Å². The van der Waals surface area contributed by atoms with E-state index in [4.69, 9.17) is 11.6 Å². The molecule has 1 saturated heterocycles. The van der Waals surface area contributed by atoms with Crippen molar-refractivity contribution >= 4 is 17.5 Å². The quantitative estimate of drug-likeness (QED) is 0.874. The van der Waals surface area contributed by atoms with E-state index in [-0.39, 0.29) is 5.91 Å². The van der Waals surface area contributed by atoms with Gasteiger partial charge in [-0.25, -0.2) is 4.98 Å². The minimum atomic E-state index is 0.169. The van der Waals surface area contributed by atoms with Crippen molar-refractivity contribution < 1.29 is 4.79 Å². The lowest BCUT2D eigenvalue weighted by atomic mass is 10.0. The second-order valence-corrected chi connectivity index (χ2v) is 5.89. The Morgan fingerprint density at radius 1 is 1.43 bits per heavy atom. The predicted octanol–water partition coefficient (Wildman–Crippen LogP) is 2.94. The number of benzene rings is 1. The summed E-state index contributed by atoms with van der Waals surface area (Å²) >= 11 is 5.97. The van der Waals surface area contributed by atoms with E-state index in [1.165, 1.54) is 0 Å². The van der Waals surface area contributed by atoms with E-state index in [1.54, 1.807) is 6.20 Å². The minimum absolute atomic E-state index is 0.169. The molecule has 1 aromatic heterocycles. The van der Waals surface area contributed by atoms with Crippen LogP contribution in [0.2, 0.25) is 5.02 Å². The monoisotopic (exact) mass is 303 g/mol. The highest BCUT2D eigenvalue weighted by atomic mass is 35.5. The molecular formula is C16H18ClN3O. The van der Waals surface area contributed by atoms with Crippen LogP contribution in [-0.2, 0) is 11.2 Å². The smallest absolute Gasteiger partial charge is 0.227 e. The SMILES string of the molecule is O=C(Cc1cccc(Cl)c1)N1CCCC(n2ccnc2)C1. The second-order valence-electron chi connectivity index (χ2n) is 5.45. The molecule has 0 N–H and O–H groups in total. The molecular weight excluding hydrogens is 286 g/mol. The standard InChI is InChI=1S/C16H18ClN3O/c17-14-4-1-3-13(9-14)10-16(21)19-7-2-5-15(11-19)20-8-6-18-12-20/h1,3-4,6,8-9,12,15H,2,5,7,10-11H2. The largest absolute Gasteiger partial charge is 0.340 e. The first-order valence-corrected chi connectivity index (χ1v) is 7.60. The number of hydrogen-bond donors (Lipinski definition) is 0. The van der Waals surface area contributed by atoms with E-state index in [0.717, 1.165) is 31.5 Å². The van der Waals surface area contributed by atoms with Crippen LogP contribution in [0.25, 0.3) is 0 Å². The number of carbonyl (C=O) groups is 1. The normalized spacial score (nSPS) is 18.7. The lowest BCUT2D eigenvalue weighted by Gasteiger charge is -2.33. The fraction of sp³-hybridized carbons (Fsp3) is 0.375. The summed E-state index contributed by atoms with van der Waals surface area (Å²) in [4.78, 5) is 18.5. The van der Waals surface area contributed by atoms with Crippen molar-refractivity contribution in [3.8, 4) is 0 Å². The van der Waals surface area contributed by atoms with Crippen LogP contribution in [0.4, 0.5) is 0 Å². The van der Waals surface area contributed by atoms with Crippen LogP contribution < -0.4 is 0 Å². The van der Waals surface area contributed by atoms with Crippen molar-refractivity contribution in [1.29, 1.82) is 0 Å². The number of hydrogen-bond acceptors (Lipinski definition) is 2. The fourth-order valence-electron chi connectivity index (χ4n) is 2.84. The van der Waals surface area contributed by atoms with Crippen LogP contribution in [-0.4, -0.2) is 33.4 Å². The summed E-state index contributed by atoms with van der Waals surface area (Å²) < 4.78 is 2.10. The Bertz CT molecular complexity index is 612. The van der Waals surface area contributed by atoms with Gasteiger partial charge in [0.15, 0.2) is 0 Å². The van der Waals surface area contributed by atoms with Gasteiger partial charge in [0, 0.05) is 30.5 Å². The highest BCUT2D eigenvalue weighted by Gasteiger charge is 2.24. The number of piperidine rings is 1. The summed E-state index contributed by atoms with van der Waals surface area (Å²) in [5.41, 5.74) is 0.970. The Hall–Kier alpha value is -1.81. The zero-order chi connectivity index (χ0) is 14.7. The third-order valence-corrected chi connectivity index (χ3v) is 4.18. The highest BCUT2D eigenvalue weighted by Crippen LogP contribution is 2.22. The van der Waals surface area contributed by atoms with Crippen molar-refractivity contribution in [2.45, 2.75) is 25.3 Å². The maximum Gasteiger partial charge on any atom is 0.227 e. The molecule has 3 rings (SSSR count). The average Bonchev–Trinajstić information content (AvgIpc) is 3.02. The summed E-state index contributed by atoms with van der Waals surface area (Å²) in [6.45, 7) is 1.60. The summed E-state index contributed by atoms with van der Waals surface area (Å²) in [5, 5.41) is 0.676. The molecule has 1 unspecified atom stereocenters. The van der Waals surface area contributed by atoms with Gasteiger partial charge in [-0.15, -0.1) is 0 Å². The maximum atomic E-state index is 12.5. The first-order valence-electron chi connectivity index (χ1n) is 7.22. The number of aromatic nitrogens is 2. The van der Waals surface area contributed by atoms with Crippen LogP contribution in [0.3, 0.4) is 0 Å². The molecule has 0 bridgehead atoms. The molecule has 4 nitrogen and oxygen atoms in total. The van der Waals surface area contributed by atoms with Gasteiger partial charge in [-0.05, 0) is 30.5 Å². The zero-order valence-electron chi connectivity index (χ0n) is 11.8. The average molecular weight is 304 g/mol. The first kappa shape index (κ1) is 14.1. The van der Waals surface area contributed by atoms with E-state index in [2.05, 4.69) is 9.55 Å². The van der Waals surface area contributed by atoms with Gasteiger partial charge >= 0.3 is 0 Å². The maximum absolute atomic E-state index is 12.5. The molecule has 1 aliphatic heterocycles. The minimum Gasteiger partial charge on any atom is -0.340 e. The third kappa shape index (κ3) is 3.45. The summed E-state index contributed by atoms with van der Waals surface area (Å²) in [7, 11) is 0. The molecule has 1 atom stereocenters. The molecule has 0 aliphatic carbocycles. The molecule has 5 heteroatoms. The molecule has 1 amide bonds. The molecule has 1 fully saturated rings. The molecule has 2 heterocycles. The molecule has 2 aromatic rings. The van der Waals surface area contributed by atoms with Crippen molar-refractivity contribution in [3.05, 3.63) is 53.6 Å². The van der Waals surface area contributed by atoms with Gasteiger partial charge in [-0.2, -0.15) is 0 Å². The molecule has 1 aromatic carbocycles. The van der Waals surface area contributed by atoms with E-state index < -0.39 is 0 Å². The Kier molecular flexibility index (Phi) is 4.25. The molecule has 1 aliphatic rings. The molecule has 0 spiro atoms. The number of likely N-dealkylation sites (tertiary alicyclic amines) is 1. The number of nitrogens with zero attached hydrogens (tertiary/aromatic N) is 3. The lowest BCUT2D eigenvalue weighted by molar-refractivity contribution is -0.132. The molecule has 0 saturated carbocycles. The Labute approximate surface area is 129 Å². The van der Waals surface area contributed by atoms with Gasteiger partial charge in [0.05, 0.1) is 18.8 Å². The molecule has 21 heavy (non-hydrogen) atoms. The Morgan fingerprint density at radius 3 is 3.10 bits per heavy atom. The Balaban J connectivity index is 1.64. The first-order chi connectivity index (χ1) is 10.2. The van der Waals surface area contributed by atoms with Crippen molar-refractivity contribution in [3.63, 3.8) is 0 Å². The van der Waals surface area contributed by atoms with Gasteiger partial charge in [0.2, 0.25) is 5.91 Å². The van der Waals surface area contributed by atoms with Crippen molar-refractivity contribution in [2.75, 3.05) is 13.1 Å². The van der Waals surface area contributed by atoms with E-state index in [9.17, 15) is 4.79 Å². The van der Waals surface area contributed by atoms with Gasteiger partial charge < -0.3 is 9.47 Å². The molecule has 0 radical (unpaired) electrons. The van der Waals surface area contributed by atoms with E-state index >= 15 is 0 Å². The number of rotatable bonds is 3. The number of carbonyl (C=O) groups excluding carboxylic acids is 1. The van der Waals surface area contributed by atoms with Gasteiger partial charge in [0.25, 0.3) is 0 Å². The summed E-state index contributed by atoms with van der Waals surface area (Å²) in [6, 6.07) is 7.85. The molecule has 110 valence electrons. The van der Waals surface area contributed by atoms with Crippen molar-refractivity contribution in [2.24, 2.45) is 0 Å². The van der Waals surface area contributed by atoms with E-state index in [0.29, 0.717) is 17.5 Å². The zero-order valence-corrected chi connectivity index (χ0v) is 12.5. The predicted molar refractivity (Wildman–Crippen MR) is 82.2 cm³/mol. The third-order valence-electron chi connectivity index (χ3n) is 3.94. The summed E-state index contributed by atoms with van der Waals surface area (Å²) in [5.74, 6) is 0.169. The van der Waals surface area contributed by atoms with Gasteiger partial charge in [0.1, 0.15) is 0 Å². The highest BCUT2D eigenvalue weighted by molar-refractivity contribution is 6.30. The Morgan fingerprint density at radius 2 is 2.33 bits per heavy atom. The second kappa shape index (κ2) is 6.31.